The van der Waals surface area contributed by atoms with E-state index in [1.165, 1.54) is 18.7 Å². The predicted octanol–water partition coefficient (Wildman–Crippen LogP) is 0.642. The maximum absolute atomic E-state index is 11.9. The number of esters is 1. The van der Waals surface area contributed by atoms with Crippen LogP contribution in [0.4, 0.5) is 5.69 Å². The number of nitrogens with one attached hydrogen (secondary N) is 1. The molecule has 1 aliphatic heterocycles. The van der Waals surface area contributed by atoms with Crippen LogP contribution in [0.1, 0.15) is 11.1 Å². The average molecular weight is 359 g/mol. The molecule has 0 aliphatic carbocycles. The van der Waals surface area contributed by atoms with E-state index in [1.54, 1.807) is 0 Å². The molecule has 1 heterocycles. The third-order valence-corrected chi connectivity index (χ3v) is 5.62. The molecule has 0 fully saturated rings. The van der Waals surface area contributed by atoms with E-state index < -0.39 is 26.9 Å². The second kappa shape index (κ2) is 5.13. The van der Waals surface area contributed by atoms with E-state index in [4.69, 9.17) is 0 Å². The van der Waals surface area contributed by atoms with Gasteiger partial charge < -0.3 is 0 Å². The molecule has 1 aromatic carbocycles. The molecule has 1 N–H and O–H groups in total. The molecule has 0 unspecified atom stereocenters. The third kappa shape index (κ3) is 2.58. The topological polar surface area (TPSA) is 55.4 Å². The van der Waals surface area contributed by atoms with E-state index in [2.05, 4.69) is 16.1 Å². The number of aryl methyl sites for hydroxylation is 2. The number of benzene rings is 1. The number of carbonyl (C=O) groups is 2. The first kappa shape index (κ1) is 13.1. The van der Waals surface area contributed by atoms with Crippen LogP contribution >= 0.6 is 0 Å². The Morgan fingerprint density at radius 1 is 1.39 bits per heavy atom. The summed E-state index contributed by atoms with van der Waals surface area (Å²) in [5, 5.41) is 2.85. The maximum atomic E-state index is 11.9. The first-order chi connectivity index (χ1) is 8.51. The van der Waals surface area contributed by atoms with Gasteiger partial charge in [-0.15, -0.1) is 0 Å². The molecule has 4 nitrogen and oxygen atoms in total. The van der Waals surface area contributed by atoms with E-state index in [9.17, 15) is 9.59 Å². The molecular weight excluding hydrogens is 346 g/mol. The van der Waals surface area contributed by atoms with Gasteiger partial charge in [-0.05, 0) is 0 Å². The van der Waals surface area contributed by atoms with Crippen molar-refractivity contribution in [3.63, 3.8) is 0 Å². The Hall–Kier alpha value is -1.31. The number of hydrogen-bond acceptors (Lipinski definition) is 3. The first-order valence-electron chi connectivity index (χ1n) is 5.41. The summed E-state index contributed by atoms with van der Waals surface area (Å²) in [6.07, 6.45) is 1.30. The van der Waals surface area contributed by atoms with Crippen molar-refractivity contribution in [1.29, 1.82) is 0 Å². The number of anilines is 1. The Kier molecular flexibility index (Phi) is 3.74. The van der Waals surface area contributed by atoms with Crippen molar-refractivity contribution in [2.75, 3.05) is 12.4 Å². The van der Waals surface area contributed by atoms with Gasteiger partial charge in [0.05, 0.1) is 0 Å². The summed E-state index contributed by atoms with van der Waals surface area (Å²) in [5.74, 6) is -0.652. The molecule has 2 rings (SSSR count). The van der Waals surface area contributed by atoms with Crippen LogP contribution in [-0.4, -0.2) is 39.9 Å². The Balaban J connectivity index is 2.42. The van der Waals surface area contributed by atoms with Crippen LogP contribution in [0.15, 0.2) is 21.8 Å². The Morgan fingerprint density at radius 2 is 2.11 bits per heavy atom. The Morgan fingerprint density at radius 3 is 2.78 bits per heavy atom. The van der Waals surface area contributed by atoms with Crippen molar-refractivity contribution in [2.24, 2.45) is 0 Å². The number of amides is 1. The third-order valence-electron chi connectivity index (χ3n) is 2.58. The van der Waals surface area contributed by atoms with Gasteiger partial charge in [0.2, 0.25) is 0 Å². The second-order valence-electron chi connectivity index (χ2n) is 4.04. The van der Waals surface area contributed by atoms with Gasteiger partial charge in [-0.25, -0.2) is 0 Å². The van der Waals surface area contributed by atoms with Gasteiger partial charge in [-0.2, -0.15) is 0 Å². The van der Waals surface area contributed by atoms with Gasteiger partial charge in [0.15, 0.2) is 0 Å². The van der Waals surface area contributed by atoms with Gasteiger partial charge in [0.25, 0.3) is 0 Å². The van der Waals surface area contributed by atoms with Crippen LogP contribution in [-0.2, 0) is 14.3 Å². The van der Waals surface area contributed by atoms with Crippen LogP contribution in [0, 0.1) is 13.8 Å². The number of carbonyl (C=O) groups excluding carboxylic acids is 2. The minimum absolute atomic E-state index is 0.178. The van der Waals surface area contributed by atoms with Crippen molar-refractivity contribution in [2.45, 2.75) is 13.8 Å². The zero-order chi connectivity index (χ0) is 13.3. The molecule has 0 bridgehead atoms. The van der Waals surface area contributed by atoms with Gasteiger partial charge in [0, 0.05) is 0 Å². The van der Waals surface area contributed by atoms with E-state index in [-0.39, 0.29) is 5.91 Å². The Labute approximate surface area is 115 Å². The van der Waals surface area contributed by atoms with Crippen molar-refractivity contribution in [3.8, 4) is 0 Å². The minimum atomic E-state index is -0.835. The van der Waals surface area contributed by atoms with E-state index in [0.29, 0.717) is 3.62 Å². The first-order valence-corrected chi connectivity index (χ1v) is 7.74. The molecule has 94 valence electrons. The predicted molar refractivity (Wildman–Crippen MR) is 70.0 cm³/mol. The molecule has 1 aromatic rings. The van der Waals surface area contributed by atoms with E-state index in [0.717, 1.165) is 14.9 Å². The standard InChI is InChI=1S/C13H13NO3Te/c1-7-4-8(2)12-9(5-7)18-10(13(16)14-12)6-11(15)17-3/h4-6H,1-3H3,(H,14,16)/b10-6-. The number of hydrogen-bond donors (Lipinski definition) is 1. The van der Waals surface area contributed by atoms with Crippen molar-refractivity contribution >= 4 is 42.1 Å². The van der Waals surface area contributed by atoms with Gasteiger partial charge in [0.1, 0.15) is 0 Å². The molecule has 0 atom stereocenters. The summed E-state index contributed by atoms with van der Waals surface area (Å²) < 4.78 is 6.28. The Bertz CT molecular complexity index is 564. The second-order valence-corrected chi connectivity index (χ2v) is 7.14. The average Bonchev–Trinajstić information content (AvgIpc) is 2.31. The van der Waals surface area contributed by atoms with Gasteiger partial charge in [-0.3, -0.25) is 0 Å². The van der Waals surface area contributed by atoms with Crippen molar-refractivity contribution in [3.05, 3.63) is 33.0 Å². The SMILES string of the molecule is COC(=O)/C=C1\[Te]c2cc(C)cc(C)c2NC1=O. The van der Waals surface area contributed by atoms with Crippen LogP contribution in [0.2, 0.25) is 0 Å². The number of methoxy groups -OCH3 is 1. The summed E-state index contributed by atoms with van der Waals surface area (Å²) in [5.41, 5.74) is 3.15. The molecule has 0 aromatic heterocycles. The molecular formula is C13H13NO3Te. The van der Waals surface area contributed by atoms with Crippen molar-refractivity contribution < 1.29 is 14.3 Å². The van der Waals surface area contributed by atoms with Crippen LogP contribution < -0.4 is 8.93 Å². The van der Waals surface area contributed by atoms with Gasteiger partial charge in [-0.1, -0.05) is 0 Å². The molecule has 5 heteroatoms. The van der Waals surface area contributed by atoms with E-state index in [1.807, 2.05) is 19.9 Å². The van der Waals surface area contributed by atoms with Crippen LogP contribution in [0.5, 0.6) is 0 Å². The van der Waals surface area contributed by atoms with Crippen LogP contribution in [0.3, 0.4) is 0 Å². The number of fused-ring (bicyclic) bond motifs is 1. The zero-order valence-corrected chi connectivity index (χ0v) is 12.7. The van der Waals surface area contributed by atoms with Gasteiger partial charge >= 0.3 is 116 Å². The summed E-state index contributed by atoms with van der Waals surface area (Å²) in [6, 6.07) is 4.12. The normalized spacial score (nSPS) is 16.2. The summed E-state index contributed by atoms with van der Waals surface area (Å²) in [7, 11) is 1.31. The quantitative estimate of drug-likeness (QED) is 0.455. The van der Waals surface area contributed by atoms with Crippen LogP contribution in [0.25, 0.3) is 0 Å². The molecule has 18 heavy (non-hydrogen) atoms. The molecule has 0 radical (unpaired) electrons. The number of rotatable bonds is 1. The fraction of sp³-hybridized carbons (Fsp3) is 0.231. The molecule has 0 saturated heterocycles. The fourth-order valence-electron chi connectivity index (χ4n) is 1.77. The molecule has 0 saturated carbocycles. The fourth-order valence-corrected chi connectivity index (χ4v) is 4.89. The molecule has 0 spiro atoms. The molecule has 1 aliphatic rings. The summed E-state index contributed by atoms with van der Waals surface area (Å²) in [6.45, 7) is 4.01. The monoisotopic (exact) mass is 361 g/mol. The zero-order valence-electron chi connectivity index (χ0n) is 10.4. The summed E-state index contributed by atoms with van der Waals surface area (Å²) >= 11 is -0.835. The van der Waals surface area contributed by atoms with Crippen molar-refractivity contribution in [1.82, 2.24) is 0 Å². The summed E-state index contributed by atoms with van der Waals surface area (Å²) in [4.78, 5) is 23.1. The number of ether oxygens (including phenoxy) is 1. The van der Waals surface area contributed by atoms with E-state index >= 15 is 0 Å². The molecule has 1 amide bonds.